The van der Waals surface area contributed by atoms with Gasteiger partial charge in [-0.05, 0) is 99.5 Å². The van der Waals surface area contributed by atoms with Gasteiger partial charge in [0.15, 0.2) is 11.5 Å². The number of amides is 1. The maximum Gasteiger partial charge on any atom is 0.339 e. The number of carbonyl (C=O) groups is 1. The van der Waals surface area contributed by atoms with E-state index in [9.17, 15) is 18.5 Å². The van der Waals surface area contributed by atoms with Crippen LogP contribution in [0.15, 0.2) is 81.7 Å². The third-order valence-electron chi connectivity index (χ3n) is 4.32. The van der Waals surface area contributed by atoms with Gasteiger partial charge >= 0.3 is 10.1 Å². The van der Waals surface area contributed by atoms with Crippen LogP contribution in [0.4, 0.5) is 5.69 Å². The van der Waals surface area contributed by atoms with Crippen LogP contribution in [0.2, 0.25) is 0 Å². The van der Waals surface area contributed by atoms with Crippen molar-refractivity contribution in [2.75, 3.05) is 11.9 Å². The van der Waals surface area contributed by atoms with Crippen LogP contribution >= 0.6 is 38.5 Å². The van der Waals surface area contributed by atoms with Gasteiger partial charge in [0, 0.05) is 9.26 Å². The van der Waals surface area contributed by atoms with Crippen LogP contribution in [0.5, 0.6) is 11.5 Å². The van der Waals surface area contributed by atoms with Crippen molar-refractivity contribution < 1.29 is 22.1 Å². The molecule has 7 nitrogen and oxygen atoms in total. The van der Waals surface area contributed by atoms with E-state index in [0.29, 0.717) is 11.3 Å². The topological polar surface area (TPSA) is 105 Å². The number of nitrogens with zero attached hydrogens (tertiary/aromatic N) is 1. The molecule has 0 aliphatic heterocycles. The normalized spacial score (nSPS) is 11.4. The van der Waals surface area contributed by atoms with Crippen LogP contribution in [0.25, 0.3) is 6.08 Å². The molecule has 3 aromatic rings. The van der Waals surface area contributed by atoms with Crippen LogP contribution in [0, 0.1) is 14.9 Å². The van der Waals surface area contributed by atoms with E-state index in [1.165, 1.54) is 30.3 Å². The fraction of sp³-hybridized carbons (Fsp3) is 0.0833. The van der Waals surface area contributed by atoms with E-state index in [1.807, 2.05) is 12.1 Å². The molecule has 0 fully saturated rings. The number of anilines is 1. The number of nitrogens with one attached hydrogen (secondary N) is 1. The molecule has 0 radical (unpaired) electrons. The van der Waals surface area contributed by atoms with Gasteiger partial charge in [0.25, 0.3) is 5.91 Å². The van der Waals surface area contributed by atoms with Gasteiger partial charge in [0.2, 0.25) is 0 Å². The van der Waals surface area contributed by atoms with E-state index in [1.54, 1.807) is 43.3 Å². The summed E-state index contributed by atoms with van der Waals surface area (Å²) in [5.74, 6) is -0.479. The standard InChI is InChI=1S/C24H18BrIN2O5S/c1-2-32-22-13-16(11-17(15-27)24(29)28-19-8-6-7-18(26)14-19)12-21(25)23(22)33-34(30,31)20-9-4-3-5-10-20/h3-14H,2H2,1H3,(H,28,29)/b17-11+. The fourth-order valence-electron chi connectivity index (χ4n) is 2.84. The van der Waals surface area contributed by atoms with E-state index < -0.39 is 16.0 Å². The first-order valence-electron chi connectivity index (χ1n) is 9.88. The molecule has 0 heterocycles. The van der Waals surface area contributed by atoms with Gasteiger partial charge in [0.05, 0.1) is 11.1 Å². The second-order valence-corrected chi connectivity index (χ2v) is 10.4. The fourth-order valence-corrected chi connectivity index (χ4v) is 5.01. The lowest BCUT2D eigenvalue weighted by atomic mass is 10.1. The zero-order valence-electron chi connectivity index (χ0n) is 17.8. The Hall–Kier alpha value is -2.88. The minimum atomic E-state index is -4.11. The first-order valence-corrected chi connectivity index (χ1v) is 13.2. The lowest BCUT2D eigenvalue weighted by molar-refractivity contribution is -0.112. The predicted octanol–water partition coefficient (Wildman–Crippen LogP) is 5.77. The van der Waals surface area contributed by atoms with Crippen molar-refractivity contribution in [3.63, 3.8) is 0 Å². The van der Waals surface area contributed by atoms with Gasteiger partial charge in [-0.1, -0.05) is 24.3 Å². The number of rotatable bonds is 8. The van der Waals surface area contributed by atoms with Crippen LogP contribution in [-0.4, -0.2) is 20.9 Å². The minimum Gasteiger partial charge on any atom is -0.490 e. The molecule has 0 aromatic heterocycles. The summed E-state index contributed by atoms with van der Waals surface area (Å²) < 4.78 is 37.6. The van der Waals surface area contributed by atoms with Crippen LogP contribution in [-0.2, 0) is 14.9 Å². The van der Waals surface area contributed by atoms with Crippen LogP contribution < -0.4 is 14.2 Å². The molecule has 0 atom stereocenters. The number of hydrogen-bond donors (Lipinski definition) is 1. The van der Waals surface area contributed by atoms with Crippen molar-refractivity contribution in [1.82, 2.24) is 0 Å². The Balaban J connectivity index is 1.94. The quantitative estimate of drug-likeness (QED) is 0.143. The van der Waals surface area contributed by atoms with Gasteiger partial charge in [-0.3, -0.25) is 4.79 Å². The maximum atomic E-state index is 12.7. The highest BCUT2D eigenvalue weighted by molar-refractivity contribution is 14.1. The third-order valence-corrected chi connectivity index (χ3v) is 6.81. The Bertz CT molecular complexity index is 1390. The monoisotopic (exact) mass is 652 g/mol. The smallest absolute Gasteiger partial charge is 0.339 e. The summed E-state index contributed by atoms with van der Waals surface area (Å²) in [5.41, 5.74) is 0.858. The van der Waals surface area contributed by atoms with Crippen molar-refractivity contribution in [1.29, 1.82) is 5.26 Å². The number of halogens is 2. The Morgan fingerprint density at radius 3 is 2.53 bits per heavy atom. The molecule has 0 unspecified atom stereocenters. The molecule has 0 aliphatic carbocycles. The van der Waals surface area contributed by atoms with Gasteiger partial charge in [-0.15, -0.1) is 0 Å². The summed E-state index contributed by atoms with van der Waals surface area (Å²) >= 11 is 5.44. The van der Waals surface area contributed by atoms with Crippen molar-refractivity contribution in [2.24, 2.45) is 0 Å². The second kappa shape index (κ2) is 11.5. The molecule has 10 heteroatoms. The van der Waals surface area contributed by atoms with Gasteiger partial charge in [0.1, 0.15) is 16.5 Å². The van der Waals surface area contributed by atoms with Gasteiger partial charge in [-0.2, -0.15) is 13.7 Å². The summed E-state index contributed by atoms with van der Waals surface area (Å²) in [5, 5.41) is 12.2. The molecule has 3 rings (SSSR count). The molecular formula is C24H18BrIN2O5S. The van der Waals surface area contributed by atoms with E-state index in [0.717, 1.165) is 3.57 Å². The summed E-state index contributed by atoms with van der Waals surface area (Å²) in [7, 11) is -4.11. The van der Waals surface area contributed by atoms with Crippen molar-refractivity contribution >= 4 is 66.3 Å². The van der Waals surface area contributed by atoms with E-state index >= 15 is 0 Å². The Morgan fingerprint density at radius 1 is 1.15 bits per heavy atom. The second-order valence-electron chi connectivity index (χ2n) is 6.75. The number of benzene rings is 3. The largest absolute Gasteiger partial charge is 0.490 e. The van der Waals surface area contributed by atoms with Gasteiger partial charge in [-0.25, -0.2) is 0 Å². The molecule has 0 spiro atoms. The molecule has 1 N–H and O–H groups in total. The zero-order valence-corrected chi connectivity index (χ0v) is 22.3. The van der Waals surface area contributed by atoms with E-state index in [-0.39, 0.29) is 33.0 Å². The molecule has 0 aliphatic rings. The summed E-state index contributed by atoms with van der Waals surface area (Å²) in [4.78, 5) is 12.6. The third kappa shape index (κ3) is 6.59. The summed E-state index contributed by atoms with van der Waals surface area (Å²) in [6.07, 6.45) is 1.38. The first-order chi connectivity index (χ1) is 16.2. The van der Waals surface area contributed by atoms with Crippen LogP contribution in [0.1, 0.15) is 12.5 Å². The summed E-state index contributed by atoms with van der Waals surface area (Å²) in [6, 6.07) is 19.8. The SMILES string of the molecule is CCOc1cc(/C=C(\C#N)C(=O)Nc2cccc(I)c2)cc(Br)c1OS(=O)(=O)c1ccccc1. The number of hydrogen-bond acceptors (Lipinski definition) is 6. The maximum absolute atomic E-state index is 12.7. The predicted molar refractivity (Wildman–Crippen MR) is 141 cm³/mol. The molecule has 174 valence electrons. The van der Waals surface area contributed by atoms with Crippen molar-refractivity contribution in [3.05, 3.63) is 85.9 Å². The average Bonchev–Trinajstić information content (AvgIpc) is 2.80. The Labute approximate surface area is 219 Å². The zero-order chi connectivity index (χ0) is 24.7. The molecule has 0 saturated heterocycles. The Morgan fingerprint density at radius 2 is 1.88 bits per heavy atom. The molecular weight excluding hydrogens is 635 g/mol. The first kappa shape index (κ1) is 25.7. The Kier molecular flexibility index (Phi) is 8.71. The molecule has 3 aromatic carbocycles. The van der Waals surface area contributed by atoms with E-state index in [4.69, 9.17) is 8.92 Å². The number of carbonyl (C=O) groups excluding carboxylic acids is 1. The number of nitriles is 1. The minimum absolute atomic E-state index is 0.00710. The molecule has 34 heavy (non-hydrogen) atoms. The molecule has 0 saturated carbocycles. The highest BCUT2D eigenvalue weighted by Crippen LogP contribution is 2.39. The molecule has 1 amide bonds. The highest BCUT2D eigenvalue weighted by Gasteiger charge is 2.22. The van der Waals surface area contributed by atoms with Crippen molar-refractivity contribution in [3.8, 4) is 17.6 Å². The molecule has 0 bridgehead atoms. The van der Waals surface area contributed by atoms with Crippen molar-refractivity contribution in [2.45, 2.75) is 11.8 Å². The summed E-state index contributed by atoms with van der Waals surface area (Å²) in [6.45, 7) is 1.97. The lowest BCUT2D eigenvalue weighted by Crippen LogP contribution is -2.13. The van der Waals surface area contributed by atoms with E-state index in [2.05, 4.69) is 43.8 Å². The lowest BCUT2D eigenvalue weighted by Gasteiger charge is -2.14. The average molecular weight is 653 g/mol. The number of ether oxygens (including phenoxy) is 1. The van der Waals surface area contributed by atoms with Gasteiger partial charge < -0.3 is 14.2 Å². The highest BCUT2D eigenvalue weighted by atomic mass is 127. The van der Waals surface area contributed by atoms with Crippen LogP contribution in [0.3, 0.4) is 0 Å².